The molecule has 0 saturated carbocycles. The van der Waals surface area contributed by atoms with E-state index in [-0.39, 0.29) is 22.6 Å². The summed E-state index contributed by atoms with van der Waals surface area (Å²) in [5.74, 6) is -0.607. The van der Waals surface area contributed by atoms with Crippen LogP contribution in [0.3, 0.4) is 0 Å². The fourth-order valence-corrected chi connectivity index (χ4v) is 6.81. The van der Waals surface area contributed by atoms with Gasteiger partial charge in [-0.05, 0) is 59.9 Å². The second kappa shape index (κ2) is 11.6. The quantitative estimate of drug-likeness (QED) is 0.197. The van der Waals surface area contributed by atoms with Gasteiger partial charge in [0.15, 0.2) is 0 Å². The fourth-order valence-electron chi connectivity index (χ4n) is 6.81. The molecule has 2 aromatic carbocycles. The van der Waals surface area contributed by atoms with Crippen LogP contribution in [0.1, 0.15) is 114 Å². The number of pyridine rings is 2. The standard InChI is InChI=1S/C38H38F6N2O3/c1-19-11-26(37(39,40)41)23-17-24(19)34(3,4)31-15-22(49-10)16-32(46-31)35(5,6)25-18-27(28(12-20(25)2)38(42,43)44)36(7,8)30-14-21(48-9)13-29(45-30)33(23)47/h11-18H,1-10H3. The smallest absolute Gasteiger partial charge is 0.417 e. The molecule has 260 valence electrons. The molecule has 0 fully saturated rings. The predicted octanol–water partition coefficient (Wildman–Crippen LogP) is 9.67. The minimum atomic E-state index is -4.91. The first-order chi connectivity index (χ1) is 22.4. The Bertz CT molecular complexity index is 1990. The van der Waals surface area contributed by atoms with Crippen molar-refractivity contribution in [1.29, 1.82) is 0 Å². The summed E-state index contributed by atoms with van der Waals surface area (Å²) in [5.41, 5.74) is -4.33. The molecule has 0 radical (unpaired) electrons. The molecule has 0 unspecified atom stereocenters. The largest absolute Gasteiger partial charge is 0.497 e. The van der Waals surface area contributed by atoms with Crippen molar-refractivity contribution in [3.63, 3.8) is 0 Å². The number of aryl methyl sites for hydroxylation is 2. The van der Waals surface area contributed by atoms with E-state index in [0.717, 1.165) is 12.1 Å². The van der Waals surface area contributed by atoms with E-state index in [1.807, 2.05) is 13.8 Å². The van der Waals surface area contributed by atoms with E-state index in [4.69, 9.17) is 14.5 Å². The third-order valence-electron chi connectivity index (χ3n) is 9.83. The number of methoxy groups -OCH3 is 2. The number of halogens is 6. The number of carbonyl (C=O) groups is 1. The number of carbonyl (C=O) groups excluding carboxylic acids is 1. The van der Waals surface area contributed by atoms with Crippen LogP contribution in [-0.2, 0) is 28.6 Å². The monoisotopic (exact) mass is 684 g/mol. The van der Waals surface area contributed by atoms with Gasteiger partial charge in [0, 0.05) is 46.1 Å². The van der Waals surface area contributed by atoms with E-state index in [1.54, 1.807) is 39.8 Å². The minimum absolute atomic E-state index is 0.00317. The van der Waals surface area contributed by atoms with Gasteiger partial charge in [0.1, 0.15) is 17.2 Å². The van der Waals surface area contributed by atoms with Gasteiger partial charge in [-0.2, -0.15) is 26.3 Å². The molecule has 0 saturated heterocycles. The predicted molar refractivity (Wildman–Crippen MR) is 174 cm³/mol. The van der Waals surface area contributed by atoms with Gasteiger partial charge < -0.3 is 9.47 Å². The SMILES string of the molecule is COc1cc2nc(c1)C(C)(C)c1cc(c(C(F)(F)F)cc1C)C(C)(C)c1cc(OC)cc(n1)C(=O)c1cc(c(C)cc1C(F)(F)F)C2(C)C. The topological polar surface area (TPSA) is 61.3 Å². The van der Waals surface area contributed by atoms with E-state index < -0.39 is 56.8 Å². The molecule has 0 amide bonds. The Hall–Kier alpha value is -4.41. The number of hydrogen-bond acceptors (Lipinski definition) is 5. The Labute approximate surface area is 281 Å². The molecule has 0 aliphatic carbocycles. The first-order valence-electron chi connectivity index (χ1n) is 15.6. The van der Waals surface area contributed by atoms with Crippen LogP contribution in [0, 0.1) is 13.8 Å². The number of aromatic nitrogens is 2. The second-order valence-electron chi connectivity index (χ2n) is 14.2. The molecule has 1 aliphatic rings. The van der Waals surface area contributed by atoms with Crippen LogP contribution >= 0.6 is 0 Å². The van der Waals surface area contributed by atoms with Gasteiger partial charge in [-0.1, -0.05) is 47.6 Å². The molecule has 11 heteroatoms. The summed E-state index contributed by atoms with van der Waals surface area (Å²) in [6.07, 6.45) is -9.69. The number of ether oxygens (including phenoxy) is 2. The number of fused-ring (bicyclic) bond motifs is 8. The second-order valence-corrected chi connectivity index (χ2v) is 14.2. The van der Waals surface area contributed by atoms with E-state index in [2.05, 4.69) is 4.98 Å². The van der Waals surface area contributed by atoms with Crippen LogP contribution < -0.4 is 9.47 Å². The maximum Gasteiger partial charge on any atom is 0.417 e. The third-order valence-corrected chi connectivity index (χ3v) is 9.83. The van der Waals surface area contributed by atoms with Crippen LogP contribution in [0.5, 0.6) is 11.5 Å². The number of alkyl halides is 6. The van der Waals surface area contributed by atoms with Crippen molar-refractivity contribution in [2.75, 3.05) is 14.2 Å². The lowest BCUT2D eigenvalue weighted by Crippen LogP contribution is -2.31. The van der Waals surface area contributed by atoms with Gasteiger partial charge in [0.2, 0.25) is 5.78 Å². The van der Waals surface area contributed by atoms with E-state index in [1.165, 1.54) is 52.3 Å². The van der Waals surface area contributed by atoms with Gasteiger partial charge in [-0.25, -0.2) is 4.98 Å². The molecular formula is C38H38F6N2O3. The third kappa shape index (κ3) is 6.06. The fraction of sp³-hybridized carbons (Fsp3) is 0.395. The highest BCUT2D eigenvalue weighted by molar-refractivity contribution is 6.09. The van der Waals surface area contributed by atoms with Gasteiger partial charge in [-0.3, -0.25) is 9.78 Å². The van der Waals surface area contributed by atoms with Crippen molar-refractivity contribution >= 4 is 5.78 Å². The molecule has 8 bridgehead atoms. The lowest BCUT2D eigenvalue weighted by Gasteiger charge is -2.35. The van der Waals surface area contributed by atoms with Crippen LogP contribution in [0.2, 0.25) is 0 Å². The summed E-state index contributed by atoms with van der Waals surface area (Å²) < 4.78 is 99.2. The Balaban J connectivity index is 2.01. The van der Waals surface area contributed by atoms with E-state index in [9.17, 15) is 31.1 Å². The molecule has 2 aromatic heterocycles. The Kier molecular flexibility index (Phi) is 8.49. The zero-order valence-corrected chi connectivity index (χ0v) is 29.0. The van der Waals surface area contributed by atoms with Crippen molar-refractivity contribution in [1.82, 2.24) is 9.97 Å². The molecule has 4 aromatic rings. The van der Waals surface area contributed by atoms with E-state index in [0.29, 0.717) is 33.8 Å². The summed E-state index contributed by atoms with van der Waals surface area (Å²) in [4.78, 5) is 23.7. The Morgan fingerprint density at radius 1 is 0.551 bits per heavy atom. The van der Waals surface area contributed by atoms with Gasteiger partial charge >= 0.3 is 12.4 Å². The maximum absolute atomic E-state index is 14.8. The summed E-state index contributed by atoms with van der Waals surface area (Å²) in [6.45, 7) is 13.5. The van der Waals surface area contributed by atoms with Crippen LogP contribution in [-0.4, -0.2) is 30.0 Å². The van der Waals surface area contributed by atoms with Crippen molar-refractivity contribution in [3.8, 4) is 11.5 Å². The van der Waals surface area contributed by atoms with Gasteiger partial charge in [-0.15, -0.1) is 0 Å². The molecule has 5 rings (SSSR count). The van der Waals surface area contributed by atoms with Crippen LogP contribution in [0.4, 0.5) is 26.3 Å². The van der Waals surface area contributed by atoms with Crippen molar-refractivity contribution in [3.05, 3.63) is 116 Å². The number of hydrogen-bond donors (Lipinski definition) is 0. The number of nitrogens with zero attached hydrogens (tertiary/aromatic N) is 2. The van der Waals surface area contributed by atoms with Gasteiger partial charge in [0.25, 0.3) is 0 Å². The molecule has 3 heterocycles. The van der Waals surface area contributed by atoms with Gasteiger partial charge in [0.05, 0.1) is 42.4 Å². The van der Waals surface area contributed by atoms with Crippen LogP contribution in [0.25, 0.3) is 0 Å². The average molecular weight is 685 g/mol. The van der Waals surface area contributed by atoms with Crippen molar-refractivity contribution in [2.45, 2.75) is 84.0 Å². The average Bonchev–Trinajstić information content (AvgIpc) is 3.01. The lowest BCUT2D eigenvalue weighted by atomic mass is 9.71. The molecular weight excluding hydrogens is 646 g/mol. The zero-order valence-electron chi connectivity index (χ0n) is 29.0. The minimum Gasteiger partial charge on any atom is -0.497 e. The molecule has 5 nitrogen and oxygen atoms in total. The summed E-state index contributed by atoms with van der Waals surface area (Å²) >= 11 is 0. The first kappa shape index (κ1) is 35.9. The summed E-state index contributed by atoms with van der Waals surface area (Å²) in [7, 11) is 2.76. The van der Waals surface area contributed by atoms with Crippen molar-refractivity contribution in [2.24, 2.45) is 0 Å². The lowest BCUT2D eigenvalue weighted by molar-refractivity contribution is -0.139. The molecule has 0 N–H and O–H groups in total. The summed E-state index contributed by atoms with van der Waals surface area (Å²) in [5, 5.41) is 0. The molecule has 0 spiro atoms. The zero-order chi connectivity index (χ0) is 36.6. The van der Waals surface area contributed by atoms with E-state index >= 15 is 0 Å². The number of ketones is 1. The Morgan fingerprint density at radius 3 is 1.43 bits per heavy atom. The normalized spacial score (nSPS) is 16.7. The Morgan fingerprint density at radius 2 is 0.959 bits per heavy atom. The van der Waals surface area contributed by atoms with Crippen molar-refractivity contribution < 1.29 is 40.6 Å². The van der Waals surface area contributed by atoms with Crippen LogP contribution in [0.15, 0.2) is 48.5 Å². The molecule has 0 atom stereocenters. The first-order valence-corrected chi connectivity index (χ1v) is 15.6. The molecule has 1 aliphatic heterocycles. The highest BCUT2D eigenvalue weighted by atomic mass is 19.4. The highest BCUT2D eigenvalue weighted by Gasteiger charge is 2.43. The number of rotatable bonds is 2. The summed E-state index contributed by atoms with van der Waals surface area (Å²) in [6, 6.07) is 10.7. The molecule has 49 heavy (non-hydrogen) atoms. The maximum atomic E-state index is 14.8. The highest BCUT2D eigenvalue weighted by Crippen LogP contribution is 2.47. The number of benzene rings is 2.